The first-order chi connectivity index (χ1) is 10.4. The van der Waals surface area contributed by atoms with Crippen LogP contribution < -0.4 is 0 Å². The van der Waals surface area contributed by atoms with Crippen LogP contribution in [0.4, 0.5) is 0 Å². The van der Waals surface area contributed by atoms with Gasteiger partial charge in [0.05, 0.1) is 18.5 Å². The number of aromatic nitrogens is 1. The Bertz CT molecular complexity index is 560. The molecule has 0 aromatic carbocycles. The predicted octanol–water partition coefficient (Wildman–Crippen LogP) is 2.11. The van der Waals surface area contributed by atoms with Crippen LogP contribution in [0.25, 0.3) is 0 Å². The van der Waals surface area contributed by atoms with E-state index in [4.69, 9.17) is 0 Å². The summed E-state index contributed by atoms with van der Waals surface area (Å²) in [6.45, 7) is 6.32. The summed E-state index contributed by atoms with van der Waals surface area (Å²) in [6, 6.07) is 6.35. The Morgan fingerprint density at radius 1 is 1.36 bits per heavy atom. The van der Waals surface area contributed by atoms with Crippen LogP contribution >= 0.6 is 0 Å². The van der Waals surface area contributed by atoms with Gasteiger partial charge in [0, 0.05) is 24.8 Å². The molecule has 1 atom stereocenters. The highest BCUT2D eigenvalue weighted by Crippen LogP contribution is 2.22. The first-order valence-corrected chi connectivity index (χ1v) is 9.83. The molecule has 0 amide bonds. The van der Waals surface area contributed by atoms with E-state index >= 15 is 0 Å². The van der Waals surface area contributed by atoms with Gasteiger partial charge in [-0.1, -0.05) is 12.5 Å². The molecule has 124 valence electrons. The molecular formula is C16H27N3O2S. The Balaban J connectivity index is 2.12. The largest absolute Gasteiger partial charge is 0.297 e. The summed E-state index contributed by atoms with van der Waals surface area (Å²) in [4.78, 5) is 6.69. The highest BCUT2D eigenvalue weighted by Gasteiger charge is 2.29. The van der Waals surface area contributed by atoms with Crippen molar-refractivity contribution in [3.63, 3.8) is 0 Å². The first-order valence-electron chi connectivity index (χ1n) is 7.98. The monoisotopic (exact) mass is 325 g/mol. The lowest BCUT2D eigenvalue weighted by Crippen LogP contribution is -2.50. The number of likely N-dealkylation sites (tertiary alicyclic amines) is 1. The second-order valence-electron chi connectivity index (χ2n) is 6.36. The molecule has 0 saturated carbocycles. The zero-order valence-electron chi connectivity index (χ0n) is 13.8. The minimum atomic E-state index is -3.24. The van der Waals surface area contributed by atoms with Crippen LogP contribution in [0.5, 0.6) is 0 Å². The summed E-state index contributed by atoms with van der Waals surface area (Å²) in [5.74, 6) is 0. The van der Waals surface area contributed by atoms with Gasteiger partial charge < -0.3 is 0 Å². The second kappa shape index (κ2) is 7.53. The quantitative estimate of drug-likeness (QED) is 0.804. The summed E-state index contributed by atoms with van der Waals surface area (Å²) in [5.41, 5.74) is 0.792. The summed E-state index contributed by atoms with van der Waals surface area (Å²) < 4.78 is 25.9. The zero-order valence-corrected chi connectivity index (χ0v) is 14.6. The minimum Gasteiger partial charge on any atom is -0.297 e. The van der Waals surface area contributed by atoms with Gasteiger partial charge in [-0.3, -0.25) is 9.88 Å². The van der Waals surface area contributed by atoms with Gasteiger partial charge in [-0.15, -0.1) is 0 Å². The van der Waals surface area contributed by atoms with Crippen LogP contribution in [-0.4, -0.2) is 54.0 Å². The van der Waals surface area contributed by atoms with E-state index in [1.165, 1.54) is 19.1 Å². The molecule has 1 aliphatic heterocycles. The van der Waals surface area contributed by atoms with Crippen molar-refractivity contribution in [1.29, 1.82) is 0 Å². The summed E-state index contributed by atoms with van der Waals surface area (Å²) in [5, 5.41) is 0. The van der Waals surface area contributed by atoms with Crippen LogP contribution in [0.1, 0.15) is 38.8 Å². The fourth-order valence-electron chi connectivity index (χ4n) is 3.12. The van der Waals surface area contributed by atoms with E-state index < -0.39 is 10.0 Å². The maximum atomic E-state index is 12.2. The van der Waals surface area contributed by atoms with Gasteiger partial charge in [0.25, 0.3) is 0 Å². The predicted molar refractivity (Wildman–Crippen MR) is 89.0 cm³/mol. The highest BCUT2D eigenvalue weighted by atomic mass is 32.2. The molecule has 1 fully saturated rings. The summed E-state index contributed by atoms with van der Waals surface area (Å²) >= 11 is 0. The smallest absolute Gasteiger partial charge is 0.211 e. The van der Waals surface area contributed by atoms with Gasteiger partial charge in [0.2, 0.25) is 10.0 Å². The van der Waals surface area contributed by atoms with Crippen molar-refractivity contribution in [2.45, 2.75) is 51.7 Å². The topological polar surface area (TPSA) is 53.5 Å². The molecule has 1 aromatic rings. The molecule has 6 heteroatoms. The van der Waals surface area contributed by atoms with E-state index in [9.17, 15) is 8.42 Å². The molecule has 0 bridgehead atoms. The Morgan fingerprint density at radius 2 is 2.14 bits per heavy atom. The van der Waals surface area contributed by atoms with Crippen molar-refractivity contribution in [3.8, 4) is 0 Å². The third kappa shape index (κ3) is 4.76. The average molecular weight is 325 g/mol. The highest BCUT2D eigenvalue weighted by molar-refractivity contribution is 7.88. The van der Waals surface area contributed by atoms with E-state index in [1.807, 2.05) is 18.2 Å². The molecule has 0 unspecified atom stereocenters. The van der Waals surface area contributed by atoms with E-state index in [-0.39, 0.29) is 0 Å². The van der Waals surface area contributed by atoms with Crippen LogP contribution in [-0.2, 0) is 16.6 Å². The second-order valence-corrected chi connectivity index (χ2v) is 8.34. The number of hydrogen-bond acceptors (Lipinski definition) is 4. The molecule has 2 heterocycles. The Hall–Kier alpha value is -0.980. The van der Waals surface area contributed by atoms with Crippen molar-refractivity contribution in [2.75, 3.05) is 19.3 Å². The van der Waals surface area contributed by atoms with Gasteiger partial charge in [-0.25, -0.2) is 8.42 Å². The molecule has 0 N–H and O–H groups in total. The number of rotatable bonds is 6. The van der Waals surface area contributed by atoms with E-state index in [0.717, 1.165) is 18.7 Å². The molecule has 0 spiro atoms. The normalized spacial score (nSPS) is 20.7. The van der Waals surface area contributed by atoms with Crippen molar-refractivity contribution >= 4 is 10.0 Å². The lowest BCUT2D eigenvalue weighted by atomic mass is 10.0. The number of pyridine rings is 1. The first kappa shape index (κ1) is 17.4. The molecule has 5 nitrogen and oxygen atoms in total. The molecule has 22 heavy (non-hydrogen) atoms. The van der Waals surface area contributed by atoms with Crippen LogP contribution in [0, 0.1) is 0 Å². The van der Waals surface area contributed by atoms with Gasteiger partial charge in [0.1, 0.15) is 0 Å². The summed E-state index contributed by atoms with van der Waals surface area (Å²) in [7, 11) is -3.24. The van der Waals surface area contributed by atoms with Gasteiger partial charge in [-0.05, 0) is 45.4 Å². The molecule has 1 saturated heterocycles. The van der Waals surface area contributed by atoms with Crippen molar-refractivity contribution in [3.05, 3.63) is 30.1 Å². The molecule has 1 aliphatic rings. The molecule has 0 radical (unpaired) electrons. The van der Waals surface area contributed by atoms with Crippen LogP contribution in [0.3, 0.4) is 0 Å². The Labute approximate surface area is 134 Å². The van der Waals surface area contributed by atoms with Gasteiger partial charge in [0.15, 0.2) is 0 Å². The number of sulfonamides is 1. The maximum absolute atomic E-state index is 12.2. The third-order valence-electron chi connectivity index (χ3n) is 4.28. The van der Waals surface area contributed by atoms with E-state index in [1.54, 1.807) is 10.5 Å². The van der Waals surface area contributed by atoms with Crippen LogP contribution in [0.2, 0.25) is 0 Å². The number of hydrogen-bond donors (Lipinski definition) is 0. The maximum Gasteiger partial charge on any atom is 0.211 e. The Morgan fingerprint density at radius 3 is 2.73 bits per heavy atom. The number of nitrogens with zero attached hydrogens (tertiary/aromatic N) is 3. The zero-order chi connectivity index (χ0) is 16.2. The standard InChI is InChI=1S/C16H27N3O2S/c1-14(2)19-11-7-5-9-16(19)13-18(22(3,20)21)12-15-8-4-6-10-17-15/h4,6,8,10,14,16H,5,7,9,11-13H2,1-3H3/t16-/m1/s1. The molecular weight excluding hydrogens is 298 g/mol. The van der Waals surface area contributed by atoms with E-state index in [0.29, 0.717) is 25.2 Å². The van der Waals surface area contributed by atoms with Crippen molar-refractivity contribution in [1.82, 2.24) is 14.2 Å². The fourth-order valence-corrected chi connectivity index (χ4v) is 3.93. The number of piperidine rings is 1. The molecule has 2 rings (SSSR count). The lowest BCUT2D eigenvalue weighted by Gasteiger charge is -2.40. The summed E-state index contributed by atoms with van der Waals surface area (Å²) in [6.07, 6.45) is 6.44. The Kier molecular flexibility index (Phi) is 5.94. The lowest BCUT2D eigenvalue weighted by molar-refractivity contribution is 0.0952. The average Bonchev–Trinajstić information content (AvgIpc) is 2.47. The molecule has 0 aliphatic carbocycles. The van der Waals surface area contributed by atoms with E-state index in [2.05, 4.69) is 23.7 Å². The van der Waals surface area contributed by atoms with Crippen molar-refractivity contribution in [2.24, 2.45) is 0 Å². The third-order valence-corrected chi connectivity index (χ3v) is 5.50. The van der Waals surface area contributed by atoms with Crippen molar-refractivity contribution < 1.29 is 8.42 Å². The fraction of sp³-hybridized carbons (Fsp3) is 0.688. The van der Waals surface area contributed by atoms with Crippen LogP contribution in [0.15, 0.2) is 24.4 Å². The SMILES string of the molecule is CC(C)N1CCCC[C@@H]1CN(Cc1ccccn1)S(C)(=O)=O. The minimum absolute atomic E-state index is 0.298. The van der Waals surface area contributed by atoms with Gasteiger partial charge in [-0.2, -0.15) is 4.31 Å². The van der Waals surface area contributed by atoms with Gasteiger partial charge >= 0.3 is 0 Å². The molecule has 1 aromatic heterocycles.